The SMILES string of the molecule is CC(C)(O)C1CC1CN. The third-order valence-electron chi connectivity index (χ3n) is 2.13. The van der Waals surface area contributed by atoms with E-state index in [0.717, 1.165) is 13.0 Å². The summed E-state index contributed by atoms with van der Waals surface area (Å²) < 4.78 is 0. The molecule has 1 aliphatic rings. The van der Waals surface area contributed by atoms with E-state index in [4.69, 9.17) is 5.73 Å². The van der Waals surface area contributed by atoms with E-state index in [1.165, 1.54) is 0 Å². The summed E-state index contributed by atoms with van der Waals surface area (Å²) in [5, 5.41) is 9.40. The van der Waals surface area contributed by atoms with Crippen LogP contribution >= 0.6 is 0 Å². The van der Waals surface area contributed by atoms with Gasteiger partial charge in [0.15, 0.2) is 0 Å². The topological polar surface area (TPSA) is 46.2 Å². The summed E-state index contributed by atoms with van der Waals surface area (Å²) in [5.74, 6) is 1.05. The second-order valence-electron chi connectivity index (χ2n) is 3.49. The highest BCUT2D eigenvalue weighted by molar-refractivity contribution is 4.96. The summed E-state index contributed by atoms with van der Waals surface area (Å²) in [6, 6.07) is 0. The molecule has 1 fully saturated rings. The predicted octanol–water partition coefficient (Wildman–Crippen LogP) is 0.352. The van der Waals surface area contributed by atoms with Crippen LogP contribution in [0.5, 0.6) is 0 Å². The van der Waals surface area contributed by atoms with Gasteiger partial charge in [-0.2, -0.15) is 0 Å². The standard InChI is InChI=1S/C7H15NO/c1-7(2,9)6-3-5(6)4-8/h5-6,9H,3-4,8H2,1-2H3. The van der Waals surface area contributed by atoms with E-state index in [1.807, 2.05) is 13.8 Å². The fraction of sp³-hybridized carbons (Fsp3) is 1.00. The first-order valence-electron chi connectivity index (χ1n) is 3.48. The Labute approximate surface area is 56.1 Å². The van der Waals surface area contributed by atoms with Crippen molar-refractivity contribution in [2.45, 2.75) is 25.9 Å². The van der Waals surface area contributed by atoms with Crippen molar-refractivity contribution in [3.8, 4) is 0 Å². The zero-order chi connectivity index (χ0) is 7.07. The molecule has 0 heterocycles. The molecule has 1 saturated carbocycles. The van der Waals surface area contributed by atoms with Crippen molar-refractivity contribution < 1.29 is 5.11 Å². The van der Waals surface area contributed by atoms with Crippen molar-refractivity contribution in [2.24, 2.45) is 17.6 Å². The van der Waals surface area contributed by atoms with Gasteiger partial charge in [0, 0.05) is 0 Å². The van der Waals surface area contributed by atoms with Crippen molar-refractivity contribution in [3.63, 3.8) is 0 Å². The minimum absolute atomic E-state index is 0.461. The first-order valence-corrected chi connectivity index (χ1v) is 3.48. The van der Waals surface area contributed by atoms with Crippen LogP contribution in [0.2, 0.25) is 0 Å². The molecule has 2 nitrogen and oxygen atoms in total. The fourth-order valence-corrected chi connectivity index (χ4v) is 1.37. The molecule has 2 unspecified atom stereocenters. The molecule has 2 heteroatoms. The maximum absolute atomic E-state index is 9.40. The quantitative estimate of drug-likeness (QED) is 0.565. The van der Waals surface area contributed by atoms with Gasteiger partial charge in [-0.15, -0.1) is 0 Å². The average molecular weight is 129 g/mol. The Morgan fingerprint density at radius 2 is 2.22 bits per heavy atom. The van der Waals surface area contributed by atoms with E-state index in [9.17, 15) is 5.11 Å². The van der Waals surface area contributed by atoms with Gasteiger partial charge in [-0.3, -0.25) is 0 Å². The number of rotatable bonds is 2. The summed E-state index contributed by atoms with van der Waals surface area (Å²) in [4.78, 5) is 0. The molecule has 54 valence electrons. The van der Waals surface area contributed by atoms with Gasteiger partial charge < -0.3 is 10.8 Å². The van der Waals surface area contributed by atoms with Crippen LogP contribution in [0.3, 0.4) is 0 Å². The van der Waals surface area contributed by atoms with Crippen LogP contribution in [0.25, 0.3) is 0 Å². The molecule has 1 aliphatic carbocycles. The molecular formula is C7H15NO. The van der Waals surface area contributed by atoms with Crippen molar-refractivity contribution in [1.82, 2.24) is 0 Å². The number of hydrogen-bond donors (Lipinski definition) is 2. The van der Waals surface area contributed by atoms with Crippen LogP contribution in [0.1, 0.15) is 20.3 Å². The van der Waals surface area contributed by atoms with Crippen LogP contribution in [-0.4, -0.2) is 17.3 Å². The Morgan fingerprint density at radius 1 is 1.67 bits per heavy atom. The average Bonchev–Trinajstić information content (AvgIpc) is 2.39. The maximum Gasteiger partial charge on any atom is 0.0623 e. The van der Waals surface area contributed by atoms with Crippen LogP contribution in [-0.2, 0) is 0 Å². The normalized spacial score (nSPS) is 34.7. The molecule has 0 bridgehead atoms. The molecule has 0 saturated heterocycles. The Kier molecular flexibility index (Phi) is 1.53. The Bertz CT molecular complexity index is 106. The highest BCUT2D eigenvalue weighted by atomic mass is 16.3. The molecule has 0 spiro atoms. The minimum atomic E-state index is -0.496. The molecule has 0 aromatic carbocycles. The third-order valence-corrected chi connectivity index (χ3v) is 2.13. The lowest BCUT2D eigenvalue weighted by atomic mass is 10.0. The van der Waals surface area contributed by atoms with Crippen molar-refractivity contribution in [2.75, 3.05) is 6.54 Å². The molecule has 0 aromatic heterocycles. The fourth-order valence-electron chi connectivity index (χ4n) is 1.37. The lowest BCUT2D eigenvalue weighted by Gasteiger charge is -2.16. The van der Waals surface area contributed by atoms with Gasteiger partial charge in [0.1, 0.15) is 0 Å². The Balaban J connectivity index is 2.33. The highest BCUT2D eigenvalue weighted by Crippen LogP contribution is 2.45. The van der Waals surface area contributed by atoms with Crippen molar-refractivity contribution in [3.05, 3.63) is 0 Å². The van der Waals surface area contributed by atoms with Crippen LogP contribution < -0.4 is 5.73 Å². The van der Waals surface area contributed by atoms with E-state index in [-0.39, 0.29) is 0 Å². The van der Waals surface area contributed by atoms with Crippen LogP contribution in [0.4, 0.5) is 0 Å². The van der Waals surface area contributed by atoms with Gasteiger partial charge in [-0.1, -0.05) is 0 Å². The van der Waals surface area contributed by atoms with Gasteiger partial charge in [-0.05, 0) is 38.6 Å². The van der Waals surface area contributed by atoms with Gasteiger partial charge in [0.25, 0.3) is 0 Å². The smallest absolute Gasteiger partial charge is 0.0623 e. The monoisotopic (exact) mass is 129 g/mol. The van der Waals surface area contributed by atoms with Gasteiger partial charge >= 0.3 is 0 Å². The molecule has 0 amide bonds. The molecule has 0 aromatic rings. The highest BCUT2D eigenvalue weighted by Gasteiger charge is 2.45. The number of aliphatic hydroxyl groups is 1. The Hall–Kier alpha value is -0.0800. The molecule has 2 atom stereocenters. The van der Waals surface area contributed by atoms with Crippen LogP contribution in [0, 0.1) is 11.8 Å². The molecule has 9 heavy (non-hydrogen) atoms. The second-order valence-corrected chi connectivity index (χ2v) is 3.49. The first kappa shape index (κ1) is 7.03. The summed E-state index contributed by atoms with van der Waals surface area (Å²) in [7, 11) is 0. The molecule has 0 aliphatic heterocycles. The summed E-state index contributed by atoms with van der Waals surface area (Å²) in [6.07, 6.45) is 1.11. The van der Waals surface area contributed by atoms with Gasteiger partial charge in [0.05, 0.1) is 5.60 Å². The van der Waals surface area contributed by atoms with E-state index in [0.29, 0.717) is 11.8 Å². The lowest BCUT2D eigenvalue weighted by Crippen LogP contribution is -2.23. The van der Waals surface area contributed by atoms with E-state index >= 15 is 0 Å². The van der Waals surface area contributed by atoms with Crippen LogP contribution in [0.15, 0.2) is 0 Å². The minimum Gasteiger partial charge on any atom is -0.390 e. The summed E-state index contributed by atoms with van der Waals surface area (Å²) in [6.45, 7) is 4.44. The van der Waals surface area contributed by atoms with E-state index < -0.39 is 5.60 Å². The van der Waals surface area contributed by atoms with Gasteiger partial charge in [-0.25, -0.2) is 0 Å². The molecule has 1 rings (SSSR count). The van der Waals surface area contributed by atoms with E-state index in [2.05, 4.69) is 0 Å². The second kappa shape index (κ2) is 1.96. The lowest BCUT2D eigenvalue weighted by molar-refractivity contribution is 0.0514. The van der Waals surface area contributed by atoms with Crippen molar-refractivity contribution in [1.29, 1.82) is 0 Å². The number of hydrogen-bond acceptors (Lipinski definition) is 2. The van der Waals surface area contributed by atoms with Crippen molar-refractivity contribution >= 4 is 0 Å². The van der Waals surface area contributed by atoms with E-state index in [1.54, 1.807) is 0 Å². The zero-order valence-electron chi connectivity index (χ0n) is 6.09. The molecule has 0 radical (unpaired) electrons. The van der Waals surface area contributed by atoms with Gasteiger partial charge in [0.2, 0.25) is 0 Å². The largest absolute Gasteiger partial charge is 0.390 e. The summed E-state index contributed by atoms with van der Waals surface area (Å²) >= 11 is 0. The predicted molar refractivity (Wildman–Crippen MR) is 36.9 cm³/mol. The number of nitrogens with two attached hydrogens (primary N) is 1. The molecule has 3 N–H and O–H groups in total. The third kappa shape index (κ3) is 1.43. The Morgan fingerprint density at radius 3 is 2.33 bits per heavy atom. The summed E-state index contributed by atoms with van der Waals surface area (Å²) in [5.41, 5.74) is 4.91. The maximum atomic E-state index is 9.40. The first-order chi connectivity index (χ1) is 4.05. The zero-order valence-corrected chi connectivity index (χ0v) is 6.09. The molecular weight excluding hydrogens is 114 g/mol.